The minimum atomic E-state index is -0.415. The molecule has 76 valence electrons. The number of nitrogens with one attached hydrogen (secondary N) is 1. The number of halogens is 1. The average molecular weight is 224 g/mol. The highest BCUT2D eigenvalue weighted by Crippen LogP contribution is 2.08. The zero-order valence-electron chi connectivity index (χ0n) is 7.48. The maximum Gasteiger partial charge on any atom is 0.293 e. The molecule has 0 unspecified atom stereocenters. The van der Waals surface area contributed by atoms with Gasteiger partial charge < -0.3 is 4.42 Å². The number of anilines is 1. The Hall–Kier alpha value is -1.88. The molecule has 0 atom stereocenters. The van der Waals surface area contributed by atoms with E-state index in [9.17, 15) is 4.79 Å². The quantitative estimate of drug-likeness (QED) is 0.791. The summed E-state index contributed by atoms with van der Waals surface area (Å²) in [5.41, 5.74) is 0. The Balaban J connectivity index is 2.13. The van der Waals surface area contributed by atoms with Crippen molar-refractivity contribution in [2.45, 2.75) is 0 Å². The van der Waals surface area contributed by atoms with Gasteiger partial charge in [0, 0.05) is 6.20 Å². The summed E-state index contributed by atoms with van der Waals surface area (Å²) in [6.45, 7) is 0. The zero-order valence-corrected chi connectivity index (χ0v) is 8.23. The molecule has 0 saturated heterocycles. The van der Waals surface area contributed by atoms with E-state index in [1.807, 2.05) is 0 Å². The molecule has 0 aliphatic heterocycles. The summed E-state index contributed by atoms with van der Waals surface area (Å²) in [7, 11) is 0. The molecule has 0 fully saturated rings. The lowest BCUT2D eigenvalue weighted by Gasteiger charge is -2.00. The number of carbonyl (C=O) groups excluding carboxylic acids is 1. The van der Waals surface area contributed by atoms with Crippen LogP contribution in [0.25, 0.3) is 0 Å². The van der Waals surface area contributed by atoms with Crippen LogP contribution in [0.4, 0.5) is 5.95 Å². The first-order valence-corrected chi connectivity index (χ1v) is 4.47. The molecule has 2 aromatic heterocycles. The fourth-order valence-corrected chi connectivity index (χ4v) is 1.10. The van der Waals surface area contributed by atoms with Gasteiger partial charge in [0.25, 0.3) is 5.91 Å². The highest BCUT2D eigenvalue weighted by atomic mass is 35.5. The molecule has 5 nitrogen and oxygen atoms in total. The Bertz CT molecular complexity index is 470. The molecule has 0 radical (unpaired) electrons. The number of amides is 1. The van der Waals surface area contributed by atoms with Gasteiger partial charge in [-0.2, -0.15) is 0 Å². The topological polar surface area (TPSA) is 68.0 Å². The van der Waals surface area contributed by atoms with E-state index in [0.717, 1.165) is 0 Å². The van der Waals surface area contributed by atoms with Gasteiger partial charge in [-0.3, -0.25) is 10.1 Å². The van der Waals surface area contributed by atoms with Crippen LogP contribution in [0, 0.1) is 0 Å². The monoisotopic (exact) mass is 223 g/mol. The van der Waals surface area contributed by atoms with Crippen molar-refractivity contribution in [1.29, 1.82) is 0 Å². The van der Waals surface area contributed by atoms with Crippen molar-refractivity contribution in [1.82, 2.24) is 9.97 Å². The summed E-state index contributed by atoms with van der Waals surface area (Å²) in [5.74, 6) is -0.0789. The first kappa shape index (κ1) is 9.67. The van der Waals surface area contributed by atoms with Crippen molar-refractivity contribution < 1.29 is 9.21 Å². The molecule has 2 heterocycles. The number of aromatic nitrogens is 2. The van der Waals surface area contributed by atoms with Crippen LogP contribution in [-0.4, -0.2) is 15.9 Å². The third kappa shape index (κ3) is 2.32. The van der Waals surface area contributed by atoms with Gasteiger partial charge in [-0.25, -0.2) is 9.97 Å². The molecule has 0 spiro atoms. The molecule has 2 aromatic rings. The molecule has 1 amide bonds. The van der Waals surface area contributed by atoms with Crippen LogP contribution in [-0.2, 0) is 0 Å². The van der Waals surface area contributed by atoms with E-state index in [0.29, 0.717) is 0 Å². The maximum atomic E-state index is 11.5. The van der Waals surface area contributed by atoms with E-state index in [1.165, 1.54) is 18.5 Å². The van der Waals surface area contributed by atoms with E-state index in [-0.39, 0.29) is 16.9 Å². The molecule has 0 aliphatic rings. The average Bonchev–Trinajstić information content (AvgIpc) is 2.70. The molecule has 0 bridgehead atoms. The van der Waals surface area contributed by atoms with Crippen LogP contribution in [0.1, 0.15) is 10.6 Å². The minimum Gasteiger partial charge on any atom is -0.459 e. The van der Waals surface area contributed by atoms with Crippen molar-refractivity contribution in [3.63, 3.8) is 0 Å². The summed E-state index contributed by atoms with van der Waals surface area (Å²) in [6.07, 6.45) is 2.86. The van der Waals surface area contributed by atoms with Gasteiger partial charge in [-0.15, -0.1) is 0 Å². The Labute approximate surface area is 90.1 Å². The van der Waals surface area contributed by atoms with Gasteiger partial charge >= 0.3 is 0 Å². The summed E-state index contributed by atoms with van der Waals surface area (Å²) in [4.78, 5) is 19.1. The minimum absolute atomic E-state index is 0.143. The maximum absolute atomic E-state index is 11.5. The Morgan fingerprint density at radius 2 is 2.33 bits per heavy atom. The van der Waals surface area contributed by atoms with Gasteiger partial charge in [0.2, 0.25) is 5.95 Å². The Morgan fingerprint density at radius 1 is 1.47 bits per heavy atom. The normalized spacial score (nSPS) is 9.93. The summed E-state index contributed by atoms with van der Waals surface area (Å²) >= 11 is 5.63. The third-order valence-corrected chi connectivity index (χ3v) is 1.80. The molecule has 15 heavy (non-hydrogen) atoms. The van der Waals surface area contributed by atoms with E-state index in [1.54, 1.807) is 12.1 Å². The molecular weight excluding hydrogens is 218 g/mol. The zero-order chi connectivity index (χ0) is 10.7. The van der Waals surface area contributed by atoms with Crippen LogP contribution in [0.15, 0.2) is 35.1 Å². The number of furan rings is 1. The summed E-state index contributed by atoms with van der Waals surface area (Å²) in [6, 6.07) is 4.68. The number of carbonyl (C=O) groups is 1. The van der Waals surface area contributed by atoms with E-state index in [2.05, 4.69) is 15.3 Å². The summed E-state index contributed by atoms with van der Waals surface area (Å²) in [5, 5.41) is 2.71. The van der Waals surface area contributed by atoms with Gasteiger partial charge in [-0.05, 0) is 18.2 Å². The van der Waals surface area contributed by atoms with Crippen molar-refractivity contribution in [3.8, 4) is 0 Å². The van der Waals surface area contributed by atoms with Gasteiger partial charge in [0.05, 0.1) is 6.26 Å². The van der Waals surface area contributed by atoms with Gasteiger partial charge in [-0.1, -0.05) is 11.6 Å². The first-order valence-electron chi connectivity index (χ1n) is 4.09. The Kier molecular flexibility index (Phi) is 2.64. The summed E-state index contributed by atoms with van der Waals surface area (Å²) < 4.78 is 4.90. The number of nitrogens with zero attached hydrogens (tertiary/aromatic N) is 2. The molecule has 6 heteroatoms. The van der Waals surface area contributed by atoms with Gasteiger partial charge in [0.15, 0.2) is 5.76 Å². The lowest BCUT2D eigenvalue weighted by molar-refractivity contribution is 0.0996. The second-order valence-corrected chi connectivity index (χ2v) is 3.02. The highest BCUT2D eigenvalue weighted by Gasteiger charge is 2.09. The second kappa shape index (κ2) is 4.10. The second-order valence-electron chi connectivity index (χ2n) is 2.63. The van der Waals surface area contributed by atoms with Crippen LogP contribution in [0.3, 0.4) is 0 Å². The SMILES string of the molecule is O=C(Nc1nccc(Cl)n1)c1ccco1. The van der Waals surface area contributed by atoms with Crippen molar-refractivity contribution in [2.24, 2.45) is 0 Å². The predicted octanol–water partition coefficient (Wildman–Crippen LogP) is 1.98. The van der Waals surface area contributed by atoms with Crippen LogP contribution in [0.2, 0.25) is 5.15 Å². The smallest absolute Gasteiger partial charge is 0.293 e. The van der Waals surface area contributed by atoms with Gasteiger partial charge in [0.1, 0.15) is 5.15 Å². The van der Waals surface area contributed by atoms with Crippen molar-refractivity contribution in [2.75, 3.05) is 5.32 Å². The lowest BCUT2D eigenvalue weighted by Crippen LogP contribution is -2.13. The van der Waals surface area contributed by atoms with Crippen molar-refractivity contribution >= 4 is 23.5 Å². The van der Waals surface area contributed by atoms with E-state index < -0.39 is 5.91 Å². The molecular formula is C9H6ClN3O2. The van der Waals surface area contributed by atoms with Crippen molar-refractivity contribution in [3.05, 3.63) is 41.6 Å². The van der Waals surface area contributed by atoms with E-state index in [4.69, 9.17) is 16.0 Å². The van der Waals surface area contributed by atoms with E-state index >= 15 is 0 Å². The number of hydrogen-bond donors (Lipinski definition) is 1. The fraction of sp³-hybridized carbons (Fsp3) is 0. The standard InChI is InChI=1S/C9H6ClN3O2/c10-7-3-4-11-9(12-7)13-8(14)6-2-1-5-15-6/h1-5H,(H,11,12,13,14). The van der Waals surface area contributed by atoms with Crippen LogP contribution < -0.4 is 5.32 Å². The number of rotatable bonds is 2. The first-order chi connectivity index (χ1) is 7.25. The highest BCUT2D eigenvalue weighted by molar-refractivity contribution is 6.29. The predicted molar refractivity (Wildman–Crippen MR) is 53.7 cm³/mol. The van der Waals surface area contributed by atoms with Crippen LogP contribution in [0.5, 0.6) is 0 Å². The lowest BCUT2D eigenvalue weighted by atomic mass is 10.4. The molecule has 0 aromatic carbocycles. The molecule has 1 N–H and O–H groups in total. The largest absolute Gasteiger partial charge is 0.459 e. The third-order valence-electron chi connectivity index (χ3n) is 1.59. The molecule has 0 saturated carbocycles. The fourth-order valence-electron chi connectivity index (χ4n) is 0.968. The Morgan fingerprint density at radius 3 is 3.00 bits per heavy atom. The van der Waals surface area contributed by atoms with Crippen LogP contribution >= 0.6 is 11.6 Å². The molecule has 0 aliphatic carbocycles. The number of hydrogen-bond acceptors (Lipinski definition) is 4. The molecule has 2 rings (SSSR count).